The molecule has 1 amide bonds. The number of hydrogen-bond donors (Lipinski definition) is 2. The molecule has 5 heteroatoms. The highest BCUT2D eigenvalue weighted by atomic mass is 19.1. The number of aromatic nitrogens is 1. The smallest absolute Gasteiger partial charge is 0.253 e. The van der Waals surface area contributed by atoms with Crippen molar-refractivity contribution in [1.29, 1.82) is 0 Å². The highest BCUT2D eigenvalue weighted by Gasteiger charge is 2.21. The van der Waals surface area contributed by atoms with Crippen LogP contribution >= 0.6 is 0 Å². The number of rotatable bonds is 5. The molecule has 1 fully saturated rings. The van der Waals surface area contributed by atoms with Crippen LogP contribution in [-0.4, -0.2) is 16.9 Å². The monoisotopic (exact) mass is 285 g/mol. The van der Waals surface area contributed by atoms with Gasteiger partial charge in [-0.1, -0.05) is 12.1 Å². The zero-order valence-corrected chi connectivity index (χ0v) is 11.5. The Balaban J connectivity index is 1.60. The summed E-state index contributed by atoms with van der Waals surface area (Å²) in [6.45, 7) is 0.361. The second kappa shape index (κ2) is 5.91. The first-order valence-corrected chi connectivity index (χ1v) is 6.95. The van der Waals surface area contributed by atoms with Gasteiger partial charge in [-0.2, -0.15) is 0 Å². The zero-order chi connectivity index (χ0) is 14.7. The Morgan fingerprint density at radius 3 is 2.71 bits per heavy atom. The van der Waals surface area contributed by atoms with Crippen molar-refractivity contribution < 1.29 is 9.18 Å². The molecule has 1 aliphatic carbocycles. The van der Waals surface area contributed by atoms with E-state index in [1.165, 1.54) is 31.2 Å². The third kappa shape index (κ3) is 3.78. The van der Waals surface area contributed by atoms with Crippen molar-refractivity contribution in [3.8, 4) is 0 Å². The number of nitrogens with zero attached hydrogens (tertiary/aromatic N) is 1. The molecule has 1 aromatic heterocycles. The molecule has 4 nitrogen and oxygen atoms in total. The van der Waals surface area contributed by atoms with Crippen LogP contribution in [0.2, 0.25) is 0 Å². The minimum atomic E-state index is -0.284. The number of anilines is 1. The van der Waals surface area contributed by atoms with Gasteiger partial charge in [0.05, 0.1) is 11.3 Å². The predicted octanol–water partition coefficient (Wildman–Crippen LogP) is 2.73. The molecule has 0 atom stereocenters. The molecule has 0 unspecified atom stereocenters. The topological polar surface area (TPSA) is 54.0 Å². The van der Waals surface area contributed by atoms with E-state index < -0.39 is 0 Å². The van der Waals surface area contributed by atoms with Crippen LogP contribution in [0, 0.1) is 5.82 Å². The molecule has 21 heavy (non-hydrogen) atoms. The van der Waals surface area contributed by atoms with E-state index >= 15 is 0 Å². The standard InChI is InChI=1S/C16H16FN3O/c17-13-3-1-11(2-4-13)8-19-16(21)12-7-15(10-18-9-12)20-14-5-6-14/h1-4,7,9-10,14,20H,5-6,8H2,(H,19,21). The van der Waals surface area contributed by atoms with E-state index in [1.807, 2.05) is 0 Å². The summed E-state index contributed by atoms with van der Waals surface area (Å²) in [7, 11) is 0. The van der Waals surface area contributed by atoms with Crippen molar-refractivity contribution in [1.82, 2.24) is 10.3 Å². The maximum absolute atomic E-state index is 12.8. The summed E-state index contributed by atoms with van der Waals surface area (Å²) >= 11 is 0. The third-order valence-electron chi connectivity index (χ3n) is 3.31. The number of hydrogen-bond acceptors (Lipinski definition) is 3. The summed E-state index contributed by atoms with van der Waals surface area (Å²) in [5, 5.41) is 6.11. The molecule has 0 aliphatic heterocycles. The first kappa shape index (κ1) is 13.5. The van der Waals surface area contributed by atoms with Crippen LogP contribution in [0.5, 0.6) is 0 Å². The van der Waals surface area contributed by atoms with E-state index in [0.717, 1.165) is 11.3 Å². The predicted molar refractivity (Wildman–Crippen MR) is 78.5 cm³/mol. The molecule has 0 spiro atoms. The van der Waals surface area contributed by atoms with Gasteiger partial charge >= 0.3 is 0 Å². The van der Waals surface area contributed by atoms with Crippen LogP contribution in [-0.2, 0) is 6.54 Å². The Kier molecular flexibility index (Phi) is 3.81. The van der Waals surface area contributed by atoms with Gasteiger partial charge in [-0.3, -0.25) is 9.78 Å². The highest BCUT2D eigenvalue weighted by Crippen LogP contribution is 2.24. The van der Waals surface area contributed by atoms with Gasteiger partial charge in [0.2, 0.25) is 0 Å². The Morgan fingerprint density at radius 1 is 1.24 bits per heavy atom. The molecule has 1 saturated carbocycles. The van der Waals surface area contributed by atoms with Crippen molar-refractivity contribution in [3.05, 3.63) is 59.7 Å². The van der Waals surface area contributed by atoms with E-state index in [1.54, 1.807) is 24.4 Å². The molecule has 0 radical (unpaired) electrons. The third-order valence-corrected chi connectivity index (χ3v) is 3.31. The maximum Gasteiger partial charge on any atom is 0.253 e. The van der Waals surface area contributed by atoms with Crippen LogP contribution in [0.25, 0.3) is 0 Å². The fourth-order valence-electron chi connectivity index (χ4n) is 1.99. The fourth-order valence-corrected chi connectivity index (χ4v) is 1.99. The maximum atomic E-state index is 12.8. The fraction of sp³-hybridized carbons (Fsp3) is 0.250. The SMILES string of the molecule is O=C(NCc1ccc(F)cc1)c1cncc(NC2CC2)c1. The minimum absolute atomic E-state index is 0.189. The van der Waals surface area contributed by atoms with Gasteiger partial charge in [-0.25, -0.2) is 4.39 Å². The normalized spacial score (nSPS) is 13.8. The van der Waals surface area contributed by atoms with Gasteiger partial charge in [0, 0.05) is 25.0 Å². The lowest BCUT2D eigenvalue weighted by Gasteiger charge is -2.08. The summed E-state index contributed by atoms with van der Waals surface area (Å²) in [4.78, 5) is 16.2. The quantitative estimate of drug-likeness (QED) is 0.888. The van der Waals surface area contributed by atoms with Crippen LogP contribution in [0.15, 0.2) is 42.7 Å². The lowest BCUT2D eigenvalue weighted by molar-refractivity contribution is 0.0950. The van der Waals surface area contributed by atoms with E-state index in [2.05, 4.69) is 15.6 Å². The van der Waals surface area contributed by atoms with Crippen molar-refractivity contribution in [3.63, 3.8) is 0 Å². The Morgan fingerprint density at radius 2 is 2.00 bits per heavy atom. The summed E-state index contributed by atoms with van der Waals surface area (Å²) in [6.07, 6.45) is 5.59. The number of carbonyl (C=O) groups excluding carboxylic acids is 1. The molecule has 2 N–H and O–H groups in total. The van der Waals surface area contributed by atoms with Crippen LogP contribution in [0.4, 0.5) is 10.1 Å². The zero-order valence-electron chi connectivity index (χ0n) is 11.5. The van der Waals surface area contributed by atoms with Gasteiger partial charge in [0.15, 0.2) is 0 Å². The molecule has 1 aliphatic rings. The van der Waals surface area contributed by atoms with Crippen LogP contribution in [0.1, 0.15) is 28.8 Å². The second-order valence-electron chi connectivity index (χ2n) is 5.19. The molecule has 0 saturated heterocycles. The van der Waals surface area contributed by atoms with E-state index in [9.17, 15) is 9.18 Å². The minimum Gasteiger partial charge on any atom is -0.381 e. The summed E-state index contributed by atoms with van der Waals surface area (Å²) < 4.78 is 12.8. The Hall–Kier alpha value is -2.43. The van der Waals surface area contributed by atoms with Crippen molar-refractivity contribution in [2.75, 3.05) is 5.32 Å². The van der Waals surface area contributed by atoms with Gasteiger partial charge in [-0.15, -0.1) is 0 Å². The lowest BCUT2D eigenvalue weighted by Crippen LogP contribution is -2.23. The van der Waals surface area contributed by atoms with Crippen LogP contribution < -0.4 is 10.6 Å². The van der Waals surface area contributed by atoms with E-state index in [4.69, 9.17) is 0 Å². The molecule has 3 rings (SSSR count). The van der Waals surface area contributed by atoms with E-state index in [0.29, 0.717) is 18.2 Å². The Labute approximate surface area is 122 Å². The molecule has 1 aromatic carbocycles. The number of nitrogens with one attached hydrogen (secondary N) is 2. The molecule has 1 heterocycles. The molecule has 0 bridgehead atoms. The second-order valence-corrected chi connectivity index (χ2v) is 5.19. The number of benzene rings is 1. The highest BCUT2D eigenvalue weighted by molar-refractivity contribution is 5.94. The average molecular weight is 285 g/mol. The largest absolute Gasteiger partial charge is 0.381 e. The van der Waals surface area contributed by atoms with Gasteiger partial charge < -0.3 is 10.6 Å². The van der Waals surface area contributed by atoms with Crippen molar-refractivity contribution in [2.24, 2.45) is 0 Å². The molecule has 108 valence electrons. The first-order valence-electron chi connectivity index (χ1n) is 6.95. The Bertz CT molecular complexity index is 638. The van der Waals surface area contributed by atoms with Crippen molar-refractivity contribution >= 4 is 11.6 Å². The summed E-state index contributed by atoms with van der Waals surface area (Å²) in [5.41, 5.74) is 2.24. The summed E-state index contributed by atoms with van der Waals surface area (Å²) in [5.74, 6) is -0.473. The van der Waals surface area contributed by atoms with Gasteiger partial charge in [0.25, 0.3) is 5.91 Å². The van der Waals surface area contributed by atoms with Crippen molar-refractivity contribution in [2.45, 2.75) is 25.4 Å². The number of halogens is 1. The lowest BCUT2D eigenvalue weighted by atomic mass is 10.2. The number of amides is 1. The van der Waals surface area contributed by atoms with Crippen LogP contribution in [0.3, 0.4) is 0 Å². The molecule has 2 aromatic rings. The van der Waals surface area contributed by atoms with Gasteiger partial charge in [0.1, 0.15) is 5.82 Å². The molecular formula is C16H16FN3O. The van der Waals surface area contributed by atoms with E-state index in [-0.39, 0.29) is 11.7 Å². The molecular weight excluding hydrogens is 269 g/mol. The summed E-state index contributed by atoms with van der Waals surface area (Å²) in [6, 6.07) is 8.37. The van der Waals surface area contributed by atoms with Gasteiger partial charge in [-0.05, 0) is 36.6 Å². The number of carbonyl (C=O) groups is 1. The first-order chi connectivity index (χ1) is 10.2. The number of pyridine rings is 1. The average Bonchev–Trinajstić information content (AvgIpc) is 3.30.